The smallest absolute Gasteiger partial charge is 0.328 e. The minimum Gasteiger partial charge on any atom is -0.461 e. The number of esters is 1. The lowest BCUT2D eigenvalue weighted by atomic mass is 9.97. The molecule has 2 N–H and O–H groups in total. The SMILES string of the molecule is CSCC[C@H](NC(=O)CN(Cc1cccc2ccccc12)C(C(=O)CN(C)C)[C@@H]1CCCN1)C(=O)OC(C)C. The van der Waals surface area contributed by atoms with Crippen molar-refractivity contribution >= 4 is 40.2 Å². The zero-order valence-electron chi connectivity index (χ0n) is 23.9. The maximum atomic E-state index is 13.7. The molecule has 8 nitrogen and oxygen atoms in total. The summed E-state index contributed by atoms with van der Waals surface area (Å²) < 4.78 is 5.42. The van der Waals surface area contributed by atoms with E-state index in [4.69, 9.17) is 4.74 Å². The molecular weight excluding hydrogens is 512 g/mol. The van der Waals surface area contributed by atoms with E-state index in [1.807, 2.05) is 48.4 Å². The lowest BCUT2D eigenvalue weighted by Crippen LogP contribution is -2.57. The van der Waals surface area contributed by atoms with Gasteiger partial charge in [-0.2, -0.15) is 11.8 Å². The molecule has 1 aliphatic heterocycles. The summed E-state index contributed by atoms with van der Waals surface area (Å²) in [5.41, 5.74) is 1.06. The minimum absolute atomic E-state index is 0.00401. The number of hydrogen-bond donors (Lipinski definition) is 2. The standard InChI is InChI=1S/C30H44N4O4S/c1-21(2)38-30(37)26(15-17-39-5)32-28(36)20-34(18-23-12-8-11-22-10-6-7-13-24(22)23)29(25-14-9-16-31-25)27(35)19-33(3)4/h6-8,10-13,21,25-26,29,31H,9,14-20H2,1-5H3,(H,32,36)/t25-,26-,29?/m0/s1. The number of rotatable bonds is 15. The third-order valence-corrected chi connectivity index (χ3v) is 7.50. The Morgan fingerprint density at radius 3 is 2.51 bits per heavy atom. The predicted molar refractivity (Wildman–Crippen MR) is 159 cm³/mol. The van der Waals surface area contributed by atoms with Crippen molar-refractivity contribution in [3.8, 4) is 0 Å². The summed E-state index contributed by atoms with van der Waals surface area (Å²) in [5.74, 6) is 0.0762. The number of nitrogens with zero attached hydrogens (tertiary/aromatic N) is 2. The third kappa shape index (κ3) is 9.31. The largest absolute Gasteiger partial charge is 0.461 e. The van der Waals surface area contributed by atoms with Crippen molar-refractivity contribution in [2.45, 2.75) is 63.9 Å². The number of thioether (sulfide) groups is 1. The highest BCUT2D eigenvalue weighted by molar-refractivity contribution is 7.98. The van der Waals surface area contributed by atoms with Crippen LogP contribution in [0, 0.1) is 0 Å². The number of benzene rings is 2. The van der Waals surface area contributed by atoms with E-state index in [0.29, 0.717) is 18.7 Å². The van der Waals surface area contributed by atoms with E-state index in [0.717, 1.165) is 35.7 Å². The molecule has 214 valence electrons. The average Bonchev–Trinajstić information content (AvgIpc) is 3.40. The molecule has 1 heterocycles. The molecule has 1 saturated heterocycles. The Balaban J connectivity index is 1.92. The van der Waals surface area contributed by atoms with Crippen molar-refractivity contribution in [1.29, 1.82) is 0 Å². The lowest BCUT2D eigenvalue weighted by Gasteiger charge is -2.35. The lowest BCUT2D eigenvalue weighted by molar-refractivity contribution is -0.151. The normalized spacial score (nSPS) is 17.1. The fourth-order valence-corrected chi connectivity index (χ4v) is 5.67. The van der Waals surface area contributed by atoms with E-state index in [2.05, 4.69) is 34.9 Å². The highest BCUT2D eigenvalue weighted by Crippen LogP contribution is 2.24. The Kier molecular flexibility index (Phi) is 12.2. The number of hydrogen-bond acceptors (Lipinski definition) is 8. The molecule has 0 aliphatic carbocycles. The van der Waals surface area contributed by atoms with E-state index < -0.39 is 18.1 Å². The van der Waals surface area contributed by atoms with Crippen LogP contribution >= 0.6 is 11.8 Å². The number of carbonyl (C=O) groups is 3. The number of nitrogens with one attached hydrogen (secondary N) is 2. The van der Waals surface area contributed by atoms with Gasteiger partial charge in [0.25, 0.3) is 0 Å². The van der Waals surface area contributed by atoms with Gasteiger partial charge in [0.15, 0.2) is 5.78 Å². The number of carbonyl (C=O) groups excluding carboxylic acids is 3. The first-order valence-electron chi connectivity index (χ1n) is 13.8. The highest BCUT2D eigenvalue weighted by atomic mass is 32.2. The van der Waals surface area contributed by atoms with Crippen LogP contribution in [0.4, 0.5) is 0 Å². The van der Waals surface area contributed by atoms with E-state index in [-0.39, 0.29) is 36.9 Å². The molecule has 3 rings (SSSR count). The molecular formula is C30H44N4O4S. The van der Waals surface area contributed by atoms with Crippen molar-refractivity contribution in [3.63, 3.8) is 0 Å². The number of likely N-dealkylation sites (N-methyl/N-ethyl adjacent to an activating group) is 1. The van der Waals surface area contributed by atoms with Gasteiger partial charge in [-0.1, -0.05) is 42.5 Å². The molecule has 0 spiro atoms. The van der Waals surface area contributed by atoms with Gasteiger partial charge in [-0.25, -0.2) is 4.79 Å². The zero-order chi connectivity index (χ0) is 28.4. The van der Waals surface area contributed by atoms with E-state index >= 15 is 0 Å². The van der Waals surface area contributed by atoms with Crippen LogP contribution in [0.25, 0.3) is 10.8 Å². The van der Waals surface area contributed by atoms with E-state index in [1.165, 1.54) is 0 Å². The summed E-state index contributed by atoms with van der Waals surface area (Å²) in [4.78, 5) is 43.8. The van der Waals surface area contributed by atoms with Gasteiger partial charge in [-0.3, -0.25) is 14.5 Å². The molecule has 2 aromatic carbocycles. The zero-order valence-corrected chi connectivity index (χ0v) is 24.8. The fourth-order valence-electron chi connectivity index (χ4n) is 5.19. The Morgan fingerprint density at radius 1 is 1.10 bits per heavy atom. The van der Waals surface area contributed by atoms with Gasteiger partial charge >= 0.3 is 5.97 Å². The number of fused-ring (bicyclic) bond motifs is 1. The second-order valence-corrected chi connectivity index (χ2v) is 11.8. The molecule has 3 atom stereocenters. The fraction of sp³-hybridized carbons (Fsp3) is 0.567. The molecule has 1 amide bonds. The van der Waals surface area contributed by atoms with Crippen LogP contribution in [0.2, 0.25) is 0 Å². The number of ether oxygens (including phenoxy) is 1. The number of ketones is 1. The number of Topliss-reactive ketones (excluding diaryl/α,β-unsaturated/α-hetero) is 1. The highest BCUT2D eigenvalue weighted by Gasteiger charge is 2.37. The molecule has 1 unspecified atom stereocenters. The van der Waals surface area contributed by atoms with Crippen molar-refractivity contribution in [3.05, 3.63) is 48.0 Å². The first kappa shape index (κ1) is 31.1. The van der Waals surface area contributed by atoms with Crippen molar-refractivity contribution in [1.82, 2.24) is 20.4 Å². The van der Waals surface area contributed by atoms with Crippen molar-refractivity contribution in [2.24, 2.45) is 0 Å². The Labute approximate surface area is 237 Å². The summed E-state index contributed by atoms with van der Waals surface area (Å²) in [6.45, 7) is 5.16. The van der Waals surface area contributed by atoms with Crippen molar-refractivity contribution in [2.75, 3.05) is 45.7 Å². The predicted octanol–water partition coefficient (Wildman–Crippen LogP) is 3.08. The monoisotopic (exact) mass is 556 g/mol. The van der Waals surface area contributed by atoms with Crippen LogP contribution in [-0.4, -0.2) is 97.4 Å². The second kappa shape index (κ2) is 15.4. The molecule has 1 aliphatic rings. The van der Waals surface area contributed by atoms with Gasteiger partial charge in [0, 0.05) is 12.6 Å². The van der Waals surface area contributed by atoms with Crippen LogP contribution in [0.5, 0.6) is 0 Å². The Morgan fingerprint density at radius 2 is 1.85 bits per heavy atom. The van der Waals surface area contributed by atoms with Gasteiger partial charge in [-0.05, 0) is 82.1 Å². The maximum Gasteiger partial charge on any atom is 0.328 e. The van der Waals surface area contributed by atoms with Crippen LogP contribution in [0.3, 0.4) is 0 Å². The van der Waals surface area contributed by atoms with E-state index in [9.17, 15) is 14.4 Å². The van der Waals surface area contributed by atoms with Crippen LogP contribution < -0.4 is 10.6 Å². The van der Waals surface area contributed by atoms with Gasteiger partial charge in [0.1, 0.15) is 6.04 Å². The van der Waals surface area contributed by atoms with Gasteiger partial charge in [-0.15, -0.1) is 0 Å². The van der Waals surface area contributed by atoms with Gasteiger partial charge in [0.2, 0.25) is 5.91 Å². The van der Waals surface area contributed by atoms with Crippen LogP contribution in [-0.2, 0) is 25.7 Å². The number of amides is 1. The Bertz CT molecular complexity index is 1100. The van der Waals surface area contributed by atoms with Crippen LogP contribution in [0.15, 0.2) is 42.5 Å². The molecule has 2 aromatic rings. The summed E-state index contributed by atoms with van der Waals surface area (Å²) >= 11 is 1.61. The van der Waals surface area contributed by atoms with Crippen molar-refractivity contribution < 1.29 is 19.1 Å². The first-order chi connectivity index (χ1) is 18.7. The topological polar surface area (TPSA) is 91.0 Å². The summed E-state index contributed by atoms with van der Waals surface area (Å²) in [7, 11) is 3.77. The molecule has 0 bridgehead atoms. The molecule has 9 heteroatoms. The first-order valence-corrected chi connectivity index (χ1v) is 15.2. The Hall–Kier alpha value is -2.46. The summed E-state index contributed by atoms with van der Waals surface area (Å²) in [6.07, 6.45) is 4.04. The molecule has 0 aromatic heterocycles. The average molecular weight is 557 g/mol. The summed E-state index contributed by atoms with van der Waals surface area (Å²) in [6, 6.07) is 13.1. The maximum absolute atomic E-state index is 13.7. The molecule has 0 saturated carbocycles. The summed E-state index contributed by atoms with van der Waals surface area (Å²) in [5, 5.41) is 8.64. The third-order valence-electron chi connectivity index (χ3n) is 6.86. The van der Waals surface area contributed by atoms with Gasteiger partial charge in [0.05, 0.1) is 25.2 Å². The van der Waals surface area contributed by atoms with Gasteiger partial charge < -0.3 is 20.3 Å². The van der Waals surface area contributed by atoms with E-state index in [1.54, 1.807) is 25.6 Å². The molecule has 39 heavy (non-hydrogen) atoms. The molecule has 0 radical (unpaired) electrons. The molecule has 1 fully saturated rings. The minimum atomic E-state index is -0.729. The van der Waals surface area contributed by atoms with Crippen LogP contribution in [0.1, 0.15) is 38.7 Å². The quantitative estimate of drug-likeness (QED) is 0.324. The second-order valence-electron chi connectivity index (χ2n) is 10.8.